The van der Waals surface area contributed by atoms with Gasteiger partial charge in [-0.25, -0.2) is 4.79 Å². The summed E-state index contributed by atoms with van der Waals surface area (Å²) in [5.41, 5.74) is 2.70. The van der Waals surface area contributed by atoms with Gasteiger partial charge in [0.1, 0.15) is 0 Å². The van der Waals surface area contributed by atoms with E-state index in [0.717, 1.165) is 24.0 Å². The normalized spacial score (nSPS) is 18.4. The van der Waals surface area contributed by atoms with Crippen LogP contribution in [0.3, 0.4) is 0 Å². The maximum Gasteiger partial charge on any atom is 0.329 e. The molecule has 0 unspecified atom stereocenters. The van der Waals surface area contributed by atoms with Crippen LogP contribution in [0, 0.1) is 0 Å². The van der Waals surface area contributed by atoms with E-state index in [1.807, 2.05) is 24.3 Å². The van der Waals surface area contributed by atoms with Crippen LogP contribution in [0.4, 0.5) is 0 Å². The first-order valence-electron chi connectivity index (χ1n) is 9.96. The van der Waals surface area contributed by atoms with Crippen molar-refractivity contribution in [3.05, 3.63) is 97.3 Å². The van der Waals surface area contributed by atoms with E-state index in [1.54, 1.807) is 7.05 Å². The van der Waals surface area contributed by atoms with E-state index in [-0.39, 0.29) is 18.2 Å². The molecule has 2 heterocycles. The van der Waals surface area contributed by atoms with Gasteiger partial charge in [-0.05, 0) is 35.1 Å². The lowest BCUT2D eigenvalue weighted by molar-refractivity contribution is 0.0695. The Morgan fingerprint density at radius 3 is 2.10 bits per heavy atom. The second-order valence-electron chi connectivity index (χ2n) is 7.95. The van der Waals surface area contributed by atoms with E-state index in [4.69, 9.17) is 0 Å². The number of aryl methyl sites for hydroxylation is 2. The van der Waals surface area contributed by atoms with Crippen LogP contribution in [0.2, 0.25) is 0 Å². The number of benzene rings is 2. The van der Waals surface area contributed by atoms with Gasteiger partial charge >= 0.3 is 5.69 Å². The average molecular weight is 403 g/mol. The van der Waals surface area contributed by atoms with Crippen LogP contribution >= 0.6 is 0 Å². The van der Waals surface area contributed by atoms with Crippen molar-refractivity contribution in [3.8, 4) is 5.75 Å². The highest BCUT2D eigenvalue weighted by Gasteiger charge is 2.40. The van der Waals surface area contributed by atoms with Gasteiger partial charge in [0.2, 0.25) is 5.75 Å². The van der Waals surface area contributed by atoms with Crippen LogP contribution in [0.15, 0.2) is 58.1 Å². The molecule has 0 radical (unpaired) electrons. The third-order valence-electron chi connectivity index (χ3n) is 6.29. The number of hydrogen-bond acceptors (Lipinski definition) is 4. The standard InChI is InChI=1S/C23H21N3O4/c1-25-12-17(26-19(22(25)29)20(27)21(28)24-23(26)30)18-15-8-4-2-6-13(15)10-11-14-7-3-5-9-16(14)18/h2-9,17-18,27H,10-12H2,1H3,(H,24,28,30)/t17-/m1/s1. The zero-order chi connectivity index (χ0) is 21.0. The second-order valence-corrected chi connectivity index (χ2v) is 7.95. The van der Waals surface area contributed by atoms with Gasteiger partial charge in [0, 0.05) is 19.5 Å². The number of likely N-dealkylation sites (N-methyl/N-ethyl adjacent to an activating group) is 1. The molecular weight excluding hydrogens is 382 g/mol. The smallest absolute Gasteiger partial charge is 0.329 e. The summed E-state index contributed by atoms with van der Waals surface area (Å²) < 4.78 is 1.28. The number of hydrogen-bond donors (Lipinski definition) is 2. The molecule has 0 spiro atoms. The number of rotatable bonds is 1. The van der Waals surface area contributed by atoms with Gasteiger partial charge in [-0.3, -0.25) is 19.1 Å². The molecule has 2 N–H and O–H groups in total. The van der Waals surface area contributed by atoms with E-state index >= 15 is 0 Å². The Balaban J connectivity index is 1.83. The zero-order valence-electron chi connectivity index (χ0n) is 16.5. The molecule has 1 atom stereocenters. The largest absolute Gasteiger partial charge is 0.501 e. The Morgan fingerprint density at radius 2 is 1.50 bits per heavy atom. The molecule has 2 aliphatic rings. The minimum Gasteiger partial charge on any atom is -0.501 e. The summed E-state index contributed by atoms with van der Waals surface area (Å²) in [6.45, 7) is 0.282. The SMILES string of the molecule is CN1C[C@H](C2c3ccccc3CCc3ccccc32)n2c(c(O)c(=O)[nH]c2=O)C1=O. The third kappa shape index (κ3) is 2.62. The number of carbonyl (C=O) groups is 1. The lowest BCUT2D eigenvalue weighted by atomic mass is 9.81. The van der Waals surface area contributed by atoms with Gasteiger partial charge in [-0.1, -0.05) is 48.5 Å². The first-order chi connectivity index (χ1) is 14.5. The maximum atomic E-state index is 12.9. The molecular formula is C23H21N3O4. The van der Waals surface area contributed by atoms with Crippen molar-refractivity contribution in [3.63, 3.8) is 0 Å². The number of aromatic amines is 1. The molecule has 7 heteroatoms. The molecule has 0 fully saturated rings. The lowest BCUT2D eigenvalue weighted by Gasteiger charge is -2.38. The van der Waals surface area contributed by atoms with Gasteiger partial charge in [-0.15, -0.1) is 0 Å². The van der Waals surface area contributed by atoms with E-state index in [1.165, 1.54) is 20.6 Å². The molecule has 30 heavy (non-hydrogen) atoms. The molecule has 1 aromatic heterocycles. The Labute approximate surface area is 172 Å². The Hall–Kier alpha value is -3.61. The molecule has 0 saturated carbocycles. The first kappa shape index (κ1) is 18.4. The minimum absolute atomic E-state index is 0.211. The molecule has 5 rings (SSSR count). The van der Waals surface area contributed by atoms with E-state index < -0.39 is 28.9 Å². The van der Waals surface area contributed by atoms with Crippen LogP contribution in [0.5, 0.6) is 5.75 Å². The number of amides is 1. The van der Waals surface area contributed by atoms with Crippen LogP contribution in [0.25, 0.3) is 0 Å². The van der Waals surface area contributed by atoms with Crippen molar-refractivity contribution in [2.45, 2.75) is 24.8 Å². The van der Waals surface area contributed by atoms with Gasteiger partial charge in [0.15, 0.2) is 5.69 Å². The predicted molar refractivity (Wildman–Crippen MR) is 111 cm³/mol. The first-order valence-corrected chi connectivity index (χ1v) is 9.96. The van der Waals surface area contributed by atoms with Crippen LogP contribution in [-0.4, -0.2) is 39.1 Å². The predicted octanol–water partition coefficient (Wildman–Crippen LogP) is 1.80. The van der Waals surface area contributed by atoms with Crippen molar-refractivity contribution in [2.75, 3.05) is 13.6 Å². The minimum atomic E-state index is -0.949. The van der Waals surface area contributed by atoms with Gasteiger partial charge in [0.05, 0.1) is 6.04 Å². The second kappa shape index (κ2) is 6.73. The molecule has 0 bridgehead atoms. The fraction of sp³-hybridized carbons (Fsp3) is 0.261. The van der Waals surface area contributed by atoms with Crippen LogP contribution < -0.4 is 11.2 Å². The maximum absolute atomic E-state index is 12.9. The third-order valence-corrected chi connectivity index (χ3v) is 6.29. The number of fused-ring (bicyclic) bond motifs is 3. The zero-order valence-corrected chi connectivity index (χ0v) is 16.5. The van der Waals surface area contributed by atoms with Gasteiger partial charge < -0.3 is 10.0 Å². The number of aromatic hydroxyl groups is 1. The summed E-state index contributed by atoms with van der Waals surface area (Å²) in [5, 5.41) is 10.4. The number of H-pyrrole nitrogens is 1. The number of aromatic nitrogens is 2. The van der Waals surface area contributed by atoms with Crippen molar-refractivity contribution in [1.82, 2.24) is 14.5 Å². The van der Waals surface area contributed by atoms with Crippen molar-refractivity contribution in [1.29, 1.82) is 0 Å². The van der Waals surface area contributed by atoms with Gasteiger partial charge in [0.25, 0.3) is 11.5 Å². The van der Waals surface area contributed by atoms with E-state index in [2.05, 4.69) is 29.2 Å². The summed E-state index contributed by atoms with van der Waals surface area (Å²) in [5.74, 6) is -1.47. The quantitative estimate of drug-likeness (QED) is 0.648. The lowest BCUT2D eigenvalue weighted by Crippen LogP contribution is -2.49. The monoisotopic (exact) mass is 403 g/mol. The summed E-state index contributed by atoms with van der Waals surface area (Å²) in [6, 6.07) is 15.8. The molecule has 0 saturated heterocycles. The highest BCUT2D eigenvalue weighted by Crippen LogP contribution is 2.43. The van der Waals surface area contributed by atoms with Gasteiger partial charge in [-0.2, -0.15) is 0 Å². The van der Waals surface area contributed by atoms with Crippen LogP contribution in [-0.2, 0) is 12.8 Å². The van der Waals surface area contributed by atoms with Crippen molar-refractivity contribution < 1.29 is 9.90 Å². The Morgan fingerprint density at radius 1 is 0.933 bits per heavy atom. The highest BCUT2D eigenvalue weighted by molar-refractivity contribution is 5.95. The fourth-order valence-electron chi connectivity index (χ4n) is 4.92. The topological polar surface area (TPSA) is 95.4 Å². The summed E-state index contributed by atoms with van der Waals surface area (Å²) in [7, 11) is 1.62. The molecule has 152 valence electrons. The van der Waals surface area contributed by atoms with Crippen molar-refractivity contribution in [2.24, 2.45) is 0 Å². The van der Waals surface area contributed by atoms with E-state index in [9.17, 15) is 19.5 Å². The van der Waals surface area contributed by atoms with E-state index in [0.29, 0.717) is 0 Å². The molecule has 2 aromatic carbocycles. The highest BCUT2D eigenvalue weighted by atomic mass is 16.3. The molecule has 7 nitrogen and oxygen atoms in total. The molecule has 1 amide bonds. The Kier molecular flexibility index (Phi) is 4.13. The molecule has 3 aromatic rings. The Bertz CT molecular complexity index is 1240. The average Bonchev–Trinajstić information content (AvgIpc) is 2.91. The number of nitrogens with zero attached hydrogens (tertiary/aromatic N) is 2. The summed E-state index contributed by atoms with van der Waals surface area (Å²) >= 11 is 0. The summed E-state index contributed by atoms with van der Waals surface area (Å²) in [4.78, 5) is 41.3. The number of nitrogens with one attached hydrogen (secondary N) is 1. The number of carbonyl (C=O) groups excluding carboxylic acids is 1. The fourth-order valence-corrected chi connectivity index (χ4v) is 4.92. The van der Waals surface area contributed by atoms with Crippen molar-refractivity contribution >= 4 is 5.91 Å². The summed E-state index contributed by atoms with van der Waals surface area (Å²) in [6.07, 6.45) is 1.76. The molecule has 1 aliphatic carbocycles. The molecule has 1 aliphatic heterocycles. The van der Waals surface area contributed by atoms with Crippen LogP contribution in [0.1, 0.15) is 44.7 Å².